The van der Waals surface area contributed by atoms with Crippen LogP contribution in [0.5, 0.6) is 5.75 Å². The molecule has 8 heteroatoms. The van der Waals surface area contributed by atoms with Gasteiger partial charge < -0.3 is 19.2 Å². The molecule has 0 spiro atoms. The maximum Gasteiger partial charge on any atom is 0.347 e. The molecule has 0 aliphatic carbocycles. The van der Waals surface area contributed by atoms with Gasteiger partial charge in [0.25, 0.3) is 0 Å². The number of hydrogen-bond acceptors (Lipinski definition) is 7. The van der Waals surface area contributed by atoms with Crippen molar-refractivity contribution in [2.45, 2.75) is 6.92 Å². The van der Waals surface area contributed by atoms with Crippen LogP contribution in [0.2, 0.25) is 0 Å². The molecule has 1 aliphatic heterocycles. The van der Waals surface area contributed by atoms with Crippen molar-refractivity contribution in [2.75, 3.05) is 18.6 Å². The Morgan fingerprint density at radius 1 is 1.30 bits per heavy atom. The van der Waals surface area contributed by atoms with Crippen LogP contribution in [0, 0.1) is 5.82 Å². The molecule has 0 bridgehead atoms. The number of fused-ring (bicyclic) bond motifs is 1. The maximum absolute atomic E-state index is 13.3. The number of furan rings is 1. The van der Waals surface area contributed by atoms with E-state index >= 15 is 0 Å². The van der Waals surface area contributed by atoms with Gasteiger partial charge in [-0.05, 0) is 49.4 Å². The van der Waals surface area contributed by atoms with E-state index in [-0.39, 0.29) is 29.6 Å². The van der Waals surface area contributed by atoms with Gasteiger partial charge in [0.1, 0.15) is 5.82 Å². The summed E-state index contributed by atoms with van der Waals surface area (Å²) in [7, 11) is 1.64. The summed E-state index contributed by atoms with van der Waals surface area (Å²) in [5, 5.41) is 10.8. The molecule has 3 aromatic rings. The SMILES string of the molecule is CCOC(=O)c1c(N(C)c2ccc(F)cc2)oc(C=C2C=Nc3ncccc32)c1O. The molecule has 0 unspecified atom stereocenters. The average molecular weight is 407 g/mol. The summed E-state index contributed by atoms with van der Waals surface area (Å²) in [5.74, 6) is -0.765. The van der Waals surface area contributed by atoms with E-state index in [4.69, 9.17) is 9.15 Å². The molecule has 0 fully saturated rings. The summed E-state index contributed by atoms with van der Waals surface area (Å²) >= 11 is 0. The van der Waals surface area contributed by atoms with Crippen LogP contribution in [0.25, 0.3) is 11.6 Å². The lowest BCUT2D eigenvalue weighted by molar-refractivity contribution is 0.0524. The molecule has 0 saturated carbocycles. The van der Waals surface area contributed by atoms with Gasteiger partial charge in [-0.2, -0.15) is 0 Å². The van der Waals surface area contributed by atoms with Crippen molar-refractivity contribution in [1.29, 1.82) is 0 Å². The number of nitrogens with zero attached hydrogens (tertiary/aromatic N) is 3. The van der Waals surface area contributed by atoms with Crippen molar-refractivity contribution >= 4 is 41.2 Å². The van der Waals surface area contributed by atoms with Crippen LogP contribution in [-0.2, 0) is 4.74 Å². The molecule has 7 nitrogen and oxygen atoms in total. The predicted octanol–water partition coefficient (Wildman–Crippen LogP) is 4.72. The van der Waals surface area contributed by atoms with Crippen molar-refractivity contribution in [2.24, 2.45) is 4.99 Å². The van der Waals surface area contributed by atoms with E-state index in [1.54, 1.807) is 38.5 Å². The van der Waals surface area contributed by atoms with Crippen LogP contribution >= 0.6 is 0 Å². The van der Waals surface area contributed by atoms with E-state index in [2.05, 4.69) is 9.98 Å². The monoisotopic (exact) mass is 407 g/mol. The lowest BCUT2D eigenvalue weighted by Crippen LogP contribution is -2.14. The number of ether oxygens (including phenoxy) is 1. The highest BCUT2D eigenvalue weighted by Crippen LogP contribution is 2.41. The lowest BCUT2D eigenvalue weighted by atomic mass is 10.1. The first kappa shape index (κ1) is 19.4. The molecule has 4 rings (SSSR count). The van der Waals surface area contributed by atoms with Crippen LogP contribution in [-0.4, -0.2) is 35.9 Å². The molecule has 0 saturated heterocycles. The number of aliphatic imine (C=N–C) groups is 1. The van der Waals surface area contributed by atoms with E-state index in [1.165, 1.54) is 29.2 Å². The number of halogens is 1. The number of carbonyl (C=O) groups excluding carboxylic acids is 1. The van der Waals surface area contributed by atoms with Gasteiger partial charge in [-0.3, -0.25) is 0 Å². The highest BCUT2D eigenvalue weighted by molar-refractivity contribution is 6.21. The lowest BCUT2D eigenvalue weighted by Gasteiger charge is -2.17. The molecular weight excluding hydrogens is 389 g/mol. The summed E-state index contributed by atoms with van der Waals surface area (Å²) in [4.78, 5) is 22.5. The highest BCUT2D eigenvalue weighted by Gasteiger charge is 2.29. The van der Waals surface area contributed by atoms with Crippen LogP contribution in [0.3, 0.4) is 0 Å². The second kappa shape index (κ2) is 7.82. The Hall–Kier alpha value is -3.94. The predicted molar refractivity (Wildman–Crippen MR) is 111 cm³/mol. The van der Waals surface area contributed by atoms with Gasteiger partial charge in [0.05, 0.1) is 6.61 Å². The molecule has 0 amide bonds. The van der Waals surface area contributed by atoms with Crippen LogP contribution < -0.4 is 4.90 Å². The number of pyridine rings is 1. The van der Waals surface area contributed by atoms with Crippen molar-refractivity contribution < 1.29 is 23.4 Å². The fourth-order valence-corrected chi connectivity index (χ4v) is 3.11. The first-order valence-corrected chi connectivity index (χ1v) is 9.23. The topological polar surface area (TPSA) is 88.2 Å². The van der Waals surface area contributed by atoms with Gasteiger partial charge in [-0.25, -0.2) is 19.2 Å². The van der Waals surface area contributed by atoms with E-state index < -0.39 is 11.8 Å². The Bertz CT molecular complexity index is 1170. The number of hydrogen-bond donors (Lipinski definition) is 1. The molecular formula is C22H18FN3O4. The van der Waals surface area contributed by atoms with E-state index in [1.807, 2.05) is 6.07 Å². The van der Waals surface area contributed by atoms with Gasteiger partial charge in [0.2, 0.25) is 5.88 Å². The van der Waals surface area contributed by atoms with Gasteiger partial charge in [0, 0.05) is 36.3 Å². The van der Waals surface area contributed by atoms with Gasteiger partial charge in [-0.1, -0.05) is 0 Å². The molecule has 0 radical (unpaired) electrons. The number of anilines is 2. The Labute approximate surface area is 171 Å². The van der Waals surface area contributed by atoms with E-state index in [0.717, 1.165) is 5.56 Å². The molecule has 0 atom stereocenters. The quantitative estimate of drug-likeness (QED) is 0.616. The average Bonchev–Trinajstić information content (AvgIpc) is 3.30. The first-order valence-electron chi connectivity index (χ1n) is 9.23. The molecule has 152 valence electrons. The zero-order valence-electron chi connectivity index (χ0n) is 16.3. The van der Waals surface area contributed by atoms with Crippen molar-refractivity contribution in [3.8, 4) is 5.75 Å². The third kappa shape index (κ3) is 3.43. The zero-order valence-corrected chi connectivity index (χ0v) is 16.3. The molecule has 1 N–H and O–H groups in total. The van der Waals surface area contributed by atoms with Crippen molar-refractivity contribution in [3.63, 3.8) is 0 Å². The molecule has 1 aromatic carbocycles. The van der Waals surface area contributed by atoms with E-state index in [0.29, 0.717) is 17.1 Å². The normalized spacial score (nSPS) is 13.5. The third-order valence-corrected chi connectivity index (χ3v) is 4.60. The zero-order chi connectivity index (χ0) is 21.3. The van der Waals surface area contributed by atoms with Crippen LogP contribution in [0.15, 0.2) is 52.0 Å². The van der Waals surface area contributed by atoms with Crippen LogP contribution in [0.4, 0.5) is 21.8 Å². The number of carbonyl (C=O) groups is 1. The number of allylic oxidation sites excluding steroid dienone is 1. The smallest absolute Gasteiger partial charge is 0.347 e. The standard InChI is InChI=1S/C22H18FN3O4/c1-3-29-22(28)18-19(27)17(11-13-12-25-20-16(13)5-4-10-24-20)30-21(18)26(2)15-8-6-14(23)7-9-15/h4-12,27H,3H2,1-2H3. The summed E-state index contributed by atoms with van der Waals surface area (Å²) < 4.78 is 24.2. The number of esters is 1. The Balaban J connectivity index is 1.81. The molecule has 2 aromatic heterocycles. The fraction of sp³-hybridized carbons (Fsp3) is 0.136. The first-order chi connectivity index (χ1) is 14.5. The van der Waals surface area contributed by atoms with Gasteiger partial charge >= 0.3 is 5.97 Å². The Morgan fingerprint density at radius 2 is 2.07 bits per heavy atom. The van der Waals surface area contributed by atoms with Gasteiger partial charge in [0.15, 0.2) is 22.9 Å². The minimum Gasteiger partial charge on any atom is -0.504 e. The number of benzene rings is 1. The fourth-order valence-electron chi connectivity index (χ4n) is 3.11. The van der Waals surface area contributed by atoms with Gasteiger partial charge in [-0.15, -0.1) is 0 Å². The molecule has 1 aliphatic rings. The maximum atomic E-state index is 13.3. The summed E-state index contributed by atoms with van der Waals surface area (Å²) in [6, 6.07) is 9.28. The second-order valence-electron chi connectivity index (χ2n) is 6.48. The second-order valence-corrected chi connectivity index (χ2v) is 6.48. The summed E-state index contributed by atoms with van der Waals surface area (Å²) in [5.41, 5.74) is 1.90. The summed E-state index contributed by atoms with van der Waals surface area (Å²) in [6.45, 7) is 1.80. The largest absolute Gasteiger partial charge is 0.504 e. The third-order valence-electron chi connectivity index (χ3n) is 4.60. The molecule has 3 heterocycles. The van der Waals surface area contributed by atoms with Crippen molar-refractivity contribution in [1.82, 2.24) is 4.98 Å². The number of aromatic nitrogens is 1. The molecule has 30 heavy (non-hydrogen) atoms. The number of aromatic hydroxyl groups is 1. The minimum atomic E-state index is -0.727. The Morgan fingerprint density at radius 3 is 2.80 bits per heavy atom. The number of rotatable bonds is 5. The van der Waals surface area contributed by atoms with Crippen LogP contribution in [0.1, 0.15) is 28.6 Å². The Kier molecular flexibility index (Phi) is 5.05. The van der Waals surface area contributed by atoms with Crippen molar-refractivity contribution in [3.05, 3.63) is 65.3 Å². The van der Waals surface area contributed by atoms with E-state index in [9.17, 15) is 14.3 Å². The summed E-state index contributed by atoms with van der Waals surface area (Å²) in [6.07, 6.45) is 4.82. The highest BCUT2D eigenvalue weighted by atomic mass is 19.1. The minimum absolute atomic E-state index is 0.0696.